The Morgan fingerprint density at radius 1 is 0.718 bits per heavy atom. The standard InChI is InChI=1S/C30H33N5O4/c1-22-7-9-24(10-8-22)32-30(38)35-15-13-33(14-16-35)27-12-11-25(31-28(36)23-5-3-2-4-6-23)21-26(27)29(37)34-17-19-39-20-18-34/h2-12,21H,13-20H2,1H3,(H,31,36)(H,32,38). The molecule has 2 aliphatic rings. The van der Waals surface area contributed by atoms with E-state index in [1.165, 1.54) is 0 Å². The first kappa shape index (κ1) is 26.2. The zero-order valence-electron chi connectivity index (χ0n) is 22.1. The molecular weight excluding hydrogens is 494 g/mol. The minimum atomic E-state index is -0.235. The number of piperazine rings is 1. The summed E-state index contributed by atoms with van der Waals surface area (Å²) >= 11 is 0. The number of carbonyl (C=O) groups excluding carboxylic acids is 3. The van der Waals surface area contributed by atoms with Crippen molar-refractivity contribution in [1.29, 1.82) is 0 Å². The topological polar surface area (TPSA) is 94.2 Å². The van der Waals surface area contributed by atoms with E-state index in [9.17, 15) is 14.4 Å². The van der Waals surface area contributed by atoms with Gasteiger partial charge in [-0.3, -0.25) is 9.59 Å². The van der Waals surface area contributed by atoms with Gasteiger partial charge in [-0.15, -0.1) is 0 Å². The van der Waals surface area contributed by atoms with E-state index < -0.39 is 0 Å². The molecule has 202 valence electrons. The minimum absolute atomic E-state index is 0.0938. The van der Waals surface area contributed by atoms with Crippen LogP contribution in [0, 0.1) is 6.92 Å². The summed E-state index contributed by atoms with van der Waals surface area (Å²) in [7, 11) is 0. The van der Waals surface area contributed by atoms with Crippen molar-refractivity contribution in [2.24, 2.45) is 0 Å². The SMILES string of the molecule is Cc1ccc(NC(=O)N2CCN(c3ccc(NC(=O)c4ccccc4)cc3C(=O)N3CCOCC3)CC2)cc1. The maximum absolute atomic E-state index is 13.6. The third-order valence-corrected chi connectivity index (χ3v) is 7.03. The fourth-order valence-electron chi connectivity index (χ4n) is 4.78. The third-order valence-electron chi connectivity index (χ3n) is 7.03. The van der Waals surface area contributed by atoms with Crippen LogP contribution in [0.2, 0.25) is 0 Å². The van der Waals surface area contributed by atoms with Gasteiger partial charge in [0, 0.05) is 61.9 Å². The fourth-order valence-corrected chi connectivity index (χ4v) is 4.78. The van der Waals surface area contributed by atoms with Gasteiger partial charge in [0.1, 0.15) is 0 Å². The first-order valence-electron chi connectivity index (χ1n) is 13.2. The summed E-state index contributed by atoms with van der Waals surface area (Å²) in [5.74, 6) is -0.329. The number of hydrogen-bond acceptors (Lipinski definition) is 5. The van der Waals surface area contributed by atoms with Crippen molar-refractivity contribution in [2.75, 3.05) is 68.0 Å². The van der Waals surface area contributed by atoms with Gasteiger partial charge in [-0.05, 0) is 49.4 Å². The van der Waals surface area contributed by atoms with Gasteiger partial charge < -0.3 is 30.1 Å². The van der Waals surface area contributed by atoms with Crippen LogP contribution in [-0.2, 0) is 4.74 Å². The van der Waals surface area contributed by atoms with Crippen molar-refractivity contribution < 1.29 is 19.1 Å². The molecular formula is C30H33N5O4. The lowest BCUT2D eigenvalue weighted by atomic mass is 10.1. The van der Waals surface area contributed by atoms with E-state index in [-0.39, 0.29) is 17.8 Å². The molecule has 0 saturated carbocycles. The molecule has 9 nitrogen and oxygen atoms in total. The minimum Gasteiger partial charge on any atom is -0.378 e. The lowest BCUT2D eigenvalue weighted by Gasteiger charge is -2.37. The number of nitrogens with one attached hydrogen (secondary N) is 2. The molecule has 0 aromatic heterocycles. The summed E-state index contributed by atoms with van der Waals surface area (Å²) in [6.07, 6.45) is 0. The summed E-state index contributed by atoms with van der Waals surface area (Å²) in [5.41, 5.74) is 4.32. The summed E-state index contributed by atoms with van der Waals surface area (Å²) in [6, 6.07) is 22.0. The van der Waals surface area contributed by atoms with E-state index in [1.807, 2.05) is 61.5 Å². The molecule has 2 fully saturated rings. The zero-order chi connectivity index (χ0) is 27.2. The van der Waals surface area contributed by atoms with E-state index in [4.69, 9.17) is 4.74 Å². The highest BCUT2D eigenvalue weighted by Crippen LogP contribution is 2.28. The molecule has 0 unspecified atom stereocenters. The normalized spacial score (nSPS) is 15.6. The Bertz CT molecular complexity index is 1310. The van der Waals surface area contributed by atoms with E-state index in [0.717, 1.165) is 16.9 Å². The first-order chi connectivity index (χ1) is 19.0. The average molecular weight is 528 g/mol. The second kappa shape index (κ2) is 12.0. The molecule has 2 heterocycles. The van der Waals surface area contributed by atoms with Crippen LogP contribution in [0.25, 0.3) is 0 Å². The van der Waals surface area contributed by atoms with Gasteiger partial charge in [0.25, 0.3) is 11.8 Å². The van der Waals surface area contributed by atoms with Crippen LogP contribution in [-0.4, -0.2) is 80.1 Å². The number of aryl methyl sites for hydroxylation is 1. The van der Waals surface area contributed by atoms with Crippen molar-refractivity contribution in [3.05, 3.63) is 89.5 Å². The number of amides is 4. The Morgan fingerprint density at radius 3 is 2.08 bits per heavy atom. The predicted molar refractivity (Wildman–Crippen MR) is 152 cm³/mol. The van der Waals surface area contributed by atoms with Crippen molar-refractivity contribution in [2.45, 2.75) is 6.92 Å². The number of benzene rings is 3. The molecule has 3 aromatic rings. The maximum atomic E-state index is 13.6. The molecule has 5 rings (SSSR count). The maximum Gasteiger partial charge on any atom is 0.321 e. The molecule has 2 saturated heterocycles. The number of urea groups is 1. The van der Waals surface area contributed by atoms with E-state index in [2.05, 4.69) is 15.5 Å². The Balaban J connectivity index is 1.31. The van der Waals surface area contributed by atoms with Crippen LogP contribution < -0.4 is 15.5 Å². The average Bonchev–Trinajstić information content (AvgIpc) is 2.99. The molecule has 2 aliphatic heterocycles. The quantitative estimate of drug-likeness (QED) is 0.522. The van der Waals surface area contributed by atoms with Crippen LogP contribution in [0.1, 0.15) is 26.3 Å². The molecule has 0 bridgehead atoms. The highest BCUT2D eigenvalue weighted by Gasteiger charge is 2.27. The largest absolute Gasteiger partial charge is 0.378 e. The van der Waals surface area contributed by atoms with Gasteiger partial charge in [-0.1, -0.05) is 35.9 Å². The van der Waals surface area contributed by atoms with Gasteiger partial charge in [0.15, 0.2) is 0 Å². The molecule has 3 aromatic carbocycles. The summed E-state index contributed by atoms with van der Waals surface area (Å²) in [4.78, 5) is 44.9. The number of ether oxygens (including phenoxy) is 1. The number of hydrogen-bond donors (Lipinski definition) is 2. The van der Waals surface area contributed by atoms with Crippen LogP contribution in [0.15, 0.2) is 72.8 Å². The molecule has 9 heteroatoms. The van der Waals surface area contributed by atoms with E-state index in [0.29, 0.717) is 69.3 Å². The molecule has 2 N–H and O–H groups in total. The summed E-state index contributed by atoms with van der Waals surface area (Å²) in [5, 5.41) is 5.88. The predicted octanol–water partition coefficient (Wildman–Crippen LogP) is 4.07. The van der Waals surface area contributed by atoms with Crippen LogP contribution in [0.3, 0.4) is 0 Å². The molecule has 0 aliphatic carbocycles. The summed E-state index contributed by atoms with van der Waals surface area (Å²) in [6.45, 7) is 6.26. The molecule has 0 atom stereocenters. The van der Waals surface area contributed by atoms with Gasteiger partial charge in [-0.2, -0.15) is 0 Å². The Kier molecular flexibility index (Phi) is 8.07. The Hall–Kier alpha value is -4.37. The van der Waals surface area contributed by atoms with Gasteiger partial charge in [-0.25, -0.2) is 4.79 Å². The van der Waals surface area contributed by atoms with Crippen LogP contribution in [0.5, 0.6) is 0 Å². The van der Waals surface area contributed by atoms with Crippen molar-refractivity contribution >= 4 is 34.9 Å². The van der Waals surface area contributed by atoms with Crippen LogP contribution >= 0.6 is 0 Å². The van der Waals surface area contributed by atoms with Crippen molar-refractivity contribution in [3.8, 4) is 0 Å². The third kappa shape index (κ3) is 6.38. The highest BCUT2D eigenvalue weighted by atomic mass is 16.5. The number of morpholine rings is 1. The number of carbonyl (C=O) groups is 3. The van der Waals surface area contributed by atoms with Crippen molar-refractivity contribution in [3.63, 3.8) is 0 Å². The van der Waals surface area contributed by atoms with E-state index in [1.54, 1.807) is 28.0 Å². The molecule has 0 spiro atoms. The number of anilines is 3. The summed E-state index contributed by atoms with van der Waals surface area (Å²) < 4.78 is 5.44. The second-order valence-corrected chi connectivity index (χ2v) is 9.73. The number of rotatable bonds is 5. The van der Waals surface area contributed by atoms with Crippen LogP contribution in [0.4, 0.5) is 21.9 Å². The van der Waals surface area contributed by atoms with Gasteiger partial charge in [0.2, 0.25) is 0 Å². The fraction of sp³-hybridized carbons (Fsp3) is 0.300. The Morgan fingerprint density at radius 2 is 1.38 bits per heavy atom. The first-order valence-corrected chi connectivity index (χ1v) is 13.2. The van der Waals surface area contributed by atoms with E-state index >= 15 is 0 Å². The Labute approximate surface area is 228 Å². The molecule has 0 radical (unpaired) electrons. The second-order valence-electron chi connectivity index (χ2n) is 9.73. The smallest absolute Gasteiger partial charge is 0.321 e. The molecule has 4 amide bonds. The lowest BCUT2D eigenvalue weighted by Crippen LogP contribution is -2.50. The van der Waals surface area contributed by atoms with Gasteiger partial charge >= 0.3 is 6.03 Å². The van der Waals surface area contributed by atoms with Gasteiger partial charge in [0.05, 0.1) is 18.8 Å². The number of nitrogens with zero attached hydrogens (tertiary/aromatic N) is 3. The van der Waals surface area contributed by atoms with Crippen molar-refractivity contribution in [1.82, 2.24) is 9.80 Å². The lowest BCUT2D eigenvalue weighted by molar-refractivity contribution is 0.0303. The highest BCUT2D eigenvalue weighted by molar-refractivity contribution is 6.06. The monoisotopic (exact) mass is 527 g/mol. The zero-order valence-corrected chi connectivity index (χ0v) is 22.1. The molecule has 39 heavy (non-hydrogen) atoms.